The van der Waals surface area contributed by atoms with Crippen molar-refractivity contribution in [2.75, 3.05) is 6.61 Å². The number of amides is 1. The fourth-order valence-corrected chi connectivity index (χ4v) is 2.47. The molecule has 1 aliphatic heterocycles. The molecule has 0 aliphatic carbocycles. The molecular weight excluding hydrogens is 216 g/mol. The molecule has 0 saturated heterocycles. The zero-order valence-corrected chi connectivity index (χ0v) is 9.62. The molecule has 17 heavy (non-hydrogen) atoms. The van der Waals surface area contributed by atoms with E-state index >= 15 is 0 Å². The monoisotopic (exact) mass is 230 g/mol. The first-order chi connectivity index (χ1) is 8.16. The summed E-state index contributed by atoms with van der Waals surface area (Å²) in [5.41, 5.74) is 8.68. The summed E-state index contributed by atoms with van der Waals surface area (Å²) in [6.45, 7) is 2.38. The molecule has 4 nitrogen and oxygen atoms in total. The maximum atomic E-state index is 11.3. The molecule has 1 aromatic heterocycles. The molecule has 3 rings (SSSR count). The van der Waals surface area contributed by atoms with Crippen molar-refractivity contribution in [1.82, 2.24) is 4.98 Å². The lowest BCUT2D eigenvalue weighted by atomic mass is 9.98. The van der Waals surface area contributed by atoms with Crippen molar-refractivity contribution < 1.29 is 9.53 Å². The van der Waals surface area contributed by atoms with Crippen LogP contribution in [0.1, 0.15) is 11.3 Å². The number of ether oxygens (including phenoxy) is 1. The van der Waals surface area contributed by atoms with Crippen LogP contribution in [0.2, 0.25) is 0 Å². The summed E-state index contributed by atoms with van der Waals surface area (Å²) in [5, 5.41) is 1.09. The van der Waals surface area contributed by atoms with Gasteiger partial charge in [-0.05, 0) is 31.0 Å². The van der Waals surface area contributed by atoms with Crippen LogP contribution in [0.25, 0.3) is 10.9 Å². The molecule has 3 N–H and O–H groups in total. The minimum atomic E-state index is -0.299. The van der Waals surface area contributed by atoms with Crippen LogP contribution in [-0.2, 0) is 11.2 Å². The number of carbonyl (C=O) groups excluding carboxylic acids is 1. The second-order valence-corrected chi connectivity index (χ2v) is 4.52. The smallest absolute Gasteiger partial charge is 0.224 e. The Morgan fingerprint density at radius 1 is 1.53 bits per heavy atom. The van der Waals surface area contributed by atoms with Gasteiger partial charge in [-0.2, -0.15) is 0 Å². The molecule has 1 amide bonds. The van der Waals surface area contributed by atoms with Crippen molar-refractivity contribution in [3.05, 3.63) is 29.5 Å². The highest BCUT2D eigenvalue weighted by Gasteiger charge is 2.25. The molecule has 1 atom stereocenters. The quantitative estimate of drug-likeness (QED) is 0.779. The van der Waals surface area contributed by atoms with Gasteiger partial charge in [-0.1, -0.05) is 6.07 Å². The predicted molar refractivity (Wildman–Crippen MR) is 64.9 cm³/mol. The molecule has 1 aliphatic rings. The van der Waals surface area contributed by atoms with Crippen molar-refractivity contribution in [2.24, 2.45) is 11.7 Å². The van der Waals surface area contributed by atoms with Gasteiger partial charge in [0, 0.05) is 16.6 Å². The number of nitrogens with one attached hydrogen (secondary N) is 1. The molecule has 1 aromatic carbocycles. The Hall–Kier alpha value is -1.97. The van der Waals surface area contributed by atoms with Gasteiger partial charge >= 0.3 is 0 Å². The van der Waals surface area contributed by atoms with E-state index in [0.717, 1.165) is 27.9 Å². The molecular formula is C13H14N2O2. The third kappa shape index (κ3) is 1.48. The average molecular weight is 230 g/mol. The van der Waals surface area contributed by atoms with Gasteiger partial charge in [-0.3, -0.25) is 4.79 Å². The van der Waals surface area contributed by atoms with Crippen molar-refractivity contribution in [1.29, 1.82) is 0 Å². The average Bonchev–Trinajstić information content (AvgIpc) is 2.49. The van der Waals surface area contributed by atoms with Gasteiger partial charge in [0.15, 0.2) is 0 Å². The van der Waals surface area contributed by atoms with E-state index in [-0.39, 0.29) is 11.8 Å². The number of hydrogen-bond acceptors (Lipinski definition) is 2. The summed E-state index contributed by atoms with van der Waals surface area (Å²) >= 11 is 0. The van der Waals surface area contributed by atoms with Crippen LogP contribution >= 0.6 is 0 Å². The van der Waals surface area contributed by atoms with Crippen molar-refractivity contribution in [3.63, 3.8) is 0 Å². The minimum Gasteiger partial charge on any atom is -0.492 e. The van der Waals surface area contributed by atoms with Gasteiger partial charge in [0.1, 0.15) is 12.4 Å². The molecule has 0 spiro atoms. The van der Waals surface area contributed by atoms with Crippen LogP contribution in [-0.4, -0.2) is 17.5 Å². The Bertz CT molecular complexity index is 601. The molecule has 2 heterocycles. The van der Waals surface area contributed by atoms with E-state index in [1.807, 2.05) is 25.1 Å². The van der Waals surface area contributed by atoms with Gasteiger partial charge < -0.3 is 15.5 Å². The molecule has 2 aromatic rings. The second kappa shape index (κ2) is 3.52. The number of nitrogens with two attached hydrogens (primary N) is 1. The van der Waals surface area contributed by atoms with Gasteiger partial charge in [0.25, 0.3) is 0 Å². The molecule has 0 radical (unpaired) electrons. The summed E-state index contributed by atoms with van der Waals surface area (Å²) in [7, 11) is 0. The lowest BCUT2D eigenvalue weighted by Gasteiger charge is -2.10. The van der Waals surface area contributed by atoms with E-state index < -0.39 is 0 Å². The molecule has 4 heteroatoms. The Morgan fingerprint density at radius 2 is 2.35 bits per heavy atom. The predicted octanol–water partition coefficient (Wildman–Crippen LogP) is 1.51. The largest absolute Gasteiger partial charge is 0.492 e. The van der Waals surface area contributed by atoms with Crippen LogP contribution in [0.15, 0.2) is 18.2 Å². The van der Waals surface area contributed by atoms with Gasteiger partial charge in [0.2, 0.25) is 5.91 Å². The van der Waals surface area contributed by atoms with Gasteiger partial charge in [-0.15, -0.1) is 0 Å². The van der Waals surface area contributed by atoms with E-state index in [4.69, 9.17) is 10.5 Å². The van der Waals surface area contributed by atoms with Gasteiger partial charge in [0.05, 0.1) is 5.92 Å². The van der Waals surface area contributed by atoms with Crippen molar-refractivity contribution in [2.45, 2.75) is 13.3 Å². The standard InChI is InChI=1S/C13H14N2O2/c1-7-9-5-8(13(14)16)6-17-11-4-2-3-10(15-7)12(9)11/h2-4,8,15H,5-6H2,1H3,(H2,14,16)/t8-/m1/s1. The highest BCUT2D eigenvalue weighted by Crippen LogP contribution is 2.35. The molecule has 88 valence electrons. The minimum absolute atomic E-state index is 0.250. The summed E-state index contributed by atoms with van der Waals surface area (Å²) in [4.78, 5) is 14.7. The maximum Gasteiger partial charge on any atom is 0.224 e. The topological polar surface area (TPSA) is 68.1 Å². The number of H-pyrrole nitrogens is 1. The SMILES string of the molecule is Cc1[nH]c2cccc3c2c1C[C@@H](C(N)=O)CO3. The Labute approximate surface area is 98.8 Å². The lowest BCUT2D eigenvalue weighted by molar-refractivity contribution is -0.122. The van der Waals surface area contributed by atoms with Crippen LogP contribution in [0.4, 0.5) is 0 Å². The summed E-state index contributed by atoms with van der Waals surface area (Å²) in [6, 6.07) is 5.90. The Kier molecular flexibility index (Phi) is 2.11. The highest BCUT2D eigenvalue weighted by molar-refractivity contribution is 5.91. The van der Waals surface area contributed by atoms with Crippen LogP contribution in [0, 0.1) is 12.8 Å². The van der Waals surface area contributed by atoms with Crippen molar-refractivity contribution in [3.8, 4) is 5.75 Å². The zero-order valence-electron chi connectivity index (χ0n) is 9.62. The maximum absolute atomic E-state index is 11.3. The number of aromatic amines is 1. The summed E-state index contributed by atoms with van der Waals surface area (Å²) in [6.07, 6.45) is 0.651. The third-order valence-corrected chi connectivity index (χ3v) is 3.40. The summed E-state index contributed by atoms with van der Waals surface area (Å²) in [5.74, 6) is 0.289. The van der Waals surface area contributed by atoms with Crippen molar-refractivity contribution >= 4 is 16.8 Å². The first kappa shape index (κ1) is 10.2. The molecule has 0 saturated carbocycles. The zero-order chi connectivity index (χ0) is 12.0. The second-order valence-electron chi connectivity index (χ2n) is 4.52. The normalized spacial score (nSPS) is 18.8. The molecule has 0 fully saturated rings. The van der Waals surface area contributed by atoms with E-state index in [0.29, 0.717) is 13.0 Å². The fraction of sp³-hybridized carbons (Fsp3) is 0.308. The fourth-order valence-electron chi connectivity index (χ4n) is 2.47. The first-order valence-corrected chi connectivity index (χ1v) is 5.69. The molecule has 0 unspecified atom stereocenters. The highest BCUT2D eigenvalue weighted by atomic mass is 16.5. The Morgan fingerprint density at radius 3 is 3.12 bits per heavy atom. The number of aromatic nitrogens is 1. The number of carbonyl (C=O) groups is 1. The van der Waals surface area contributed by atoms with Crippen LogP contribution in [0.5, 0.6) is 5.75 Å². The van der Waals surface area contributed by atoms with Crippen LogP contribution < -0.4 is 10.5 Å². The Balaban J connectivity index is 2.22. The molecule has 0 bridgehead atoms. The van der Waals surface area contributed by atoms with Gasteiger partial charge in [-0.25, -0.2) is 0 Å². The number of primary amides is 1. The van der Waals surface area contributed by atoms with E-state index in [2.05, 4.69) is 4.98 Å². The number of rotatable bonds is 1. The lowest BCUT2D eigenvalue weighted by Crippen LogP contribution is -2.29. The van der Waals surface area contributed by atoms with E-state index in [9.17, 15) is 4.79 Å². The first-order valence-electron chi connectivity index (χ1n) is 5.69. The van der Waals surface area contributed by atoms with Crippen LogP contribution in [0.3, 0.4) is 0 Å². The summed E-state index contributed by atoms with van der Waals surface area (Å²) < 4.78 is 5.69. The number of aryl methyl sites for hydroxylation is 1. The number of benzene rings is 1. The van der Waals surface area contributed by atoms with E-state index in [1.54, 1.807) is 0 Å². The third-order valence-electron chi connectivity index (χ3n) is 3.40. The number of hydrogen-bond donors (Lipinski definition) is 2. The van der Waals surface area contributed by atoms with E-state index in [1.165, 1.54) is 0 Å².